The number of nitrogens with zero attached hydrogens (tertiary/aromatic N) is 2. The highest BCUT2D eigenvalue weighted by Gasteiger charge is 2.28. The summed E-state index contributed by atoms with van der Waals surface area (Å²) >= 11 is 6.28. The van der Waals surface area contributed by atoms with Crippen molar-refractivity contribution in [3.8, 4) is 5.75 Å². The average Bonchev–Trinajstić information content (AvgIpc) is 2.84. The number of amides is 1. The SMILES string of the molecule is Cc1ccc(S(=O)(=O)N(CC(=O)N/N=C\c2c(O)ccc3ccccc23)c2ccccc2Cl)cc1. The van der Waals surface area contributed by atoms with Gasteiger partial charge in [0.05, 0.1) is 21.8 Å². The molecule has 4 rings (SSSR count). The maximum Gasteiger partial charge on any atom is 0.264 e. The van der Waals surface area contributed by atoms with Gasteiger partial charge >= 0.3 is 0 Å². The number of carbonyl (C=O) groups is 1. The van der Waals surface area contributed by atoms with E-state index < -0.39 is 22.5 Å². The second kappa shape index (κ2) is 10.2. The smallest absolute Gasteiger partial charge is 0.264 e. The molecule has 0 unspecified atom stereocenters. The number of aromatic hydroxyl groups is 1. The fourth-order valence-corrected chi connectivity index (χ4v) is 5.27. The van der Waals surface area contributed by atoms with Gasteiger partial charge in [0.25, 0.3) is 15.9 Å². The third kappa shape index (κ3) is 5.29. The van der Waals surface area contributed by atoms with Crippen molar-refractivity contribution in [1.82, 2.24) is 5.43 Å². The van der Waals surface area contributed by atoms with Gasteiger partial charge in [0.1, 0.15) is 12.3 Å². The molecule has 1 amide bonds. The number of benzene rings is 4. The van der Waals surface area contributed by atoms with E-state index in [2.05, 4.69) is 10.5 Å². The van der Waals surface area contributed by atoms with Crippen LogP contribution in [0.15, 0.2) is 94.9 Å². The molecule has 178 valence electrons. The van der Waals surface area contributed by atoms with Crippen LogP contribution in [-0.4, -0.2) is 32.2 Å². The summed E-state index contributed by atoms with van der Waals surface area (Å²) < 4.78 is 27.8. The molecular weight excluding hydrogens is 486 g/mol. The number of fused-ring (bicyclic) bond motifs is 1. The Balaban J connectivity index is 1.61. The van der Waals surface area contributed by atoms with Crippen LogP contribution in [0.5, 0.6) is 5.75 Å². The molecule has 0 aliphatic rings. The Morgan fingerprint density at radius 2 is 1.69 bits per heavy atom. The monoisotopic (exact) mass is 507 g/mol. The van der Waals surface area contributed by atoms with E-state index in [1.165, 1.54) is 24.4 Å². The molecule has 9 heteroatoms. The first-order chi connectivity index (χ1) is 16.8. The van der Waals surface area contributed by atoms with E-state index in [1.807, 2.05) is 31.2 Å². The Kier molecular flexibility index (Phi) is 7.04. The molecule has 0 saturated carbocycles. The van der Waals surface area contributed by atoms with E-state index in [-0.39, 0.29) is 21.4 Å². The number of halogens is 1. The molecule has 0 fully saturated rings. The first-order valence-electron chi connectivity index (χ1n) is 10.6. The van der Waals surface area contributed by atoms with E-state index in [9.17, 15) is 18.3 Å². The van der Waals surface area contributed by atoms with Gasteiger partial charge in [0, 0.05) is 5.56 Å². The molecular formula is C26H22ClN3O4S. The Morgan fingerprint density at radius 3 is 2.43 bits per heavy atom. The zero-order chi connectivity index (χ0) is 25.0. The molecule has 2 N–H and O–H groups in total. The highest BCUT2D eigenvalue weighted by atomic mass is 35.5. The Morgan fingerprint density at radius 1 is 1.00 bits per heavy atom. The van der Waals surface area contributed by atoms with Gasteiger partial charge in [0.2, 0.25) is 0 Å². The molecule has 0 aliphatic carbocycles. The van der Waals surface area contributed by atoms with Crippen molar-refractivity contribution in [1.29, 1.82) is 0 Å². The lowest BCUT2D eigenvalue weighted by molar-refractivity contribution is -0.119. The summed E-state index contributed by atoms with van der Waals surface area (Å²) in [5.41, 5.74) is 3.84. The largest absolute Gasteiger partial charge is 0.507 e. The van der Waals surface area contributed by atoms with Gasteiger partial charge < -0.3 is 5.11 Å². The van der Waals surface area contributed by atoms with Gasteiger partial charge in [-0.2, -0.15) is 5.10 Å². The van der Waals surface area contributed by atoms with Gasteiger partial charge in [-0.15, -0.1) is 0 Å². The average molecular weight is 508 g/mol. The summed E-state index contributed by atoms with van der Waals surface area (Å²) in [6.07, 6.45) is 1.32. The van der Waals surface area contributed by atoms with Crippen LogP contribution in [0.3, 0.4) is 0 Å². The number of hydrogen-bond acceptors (Lipinski definition) is 5. The fraction of sp³-hybridized carbons (Fsp3) is 0.0769. The predicted octanol–water partition coefficient (Wildman–Crippen LogP) is 4.85. The number of phenolic OH excluding ortho intramolecular Hbond substituents is 1. The maximum atomic E-state index is 13.4. The second-order valence-corrected chi connectivity index (χ2v) is 10.1. The Hall–Kier alpha value is -3.88. The summed E-state index contributed by atoms with van der Waals surface area (Å²) in [6, 6.07) is 23.4. The van der Waals surface area contributed by atoms with Crippen LogP contribution in [0.2, 0.25) is 5.02 Å². The van der Waals surface area contributed by atoms with E-state index in [0.717, 1.165) is 20.6 Å². The highest BCUT2D eigenvalue weighted by molar-refractivity contribution is 7.92. The number of anilines is 1. The first-order valence-corrected chi connectivity index (χ1v) is 12.5. The van der Waals surface area contributed by atoms with E-state index in [0.29, 0.717) is 5.56 Å². The highest BCUT2D eigenvalue weighted by Crippen LogP contribution is 2.30. The van der Waals surface area contributed by atoms with Crippen LogP contribution in [-0.2, 0) is 14.8 Å². The number of aryl methyl sites for hydroxylation is 1. The molecule has 0 bridgehead atoms. The molecule has 4 aromatic carbocycles. The molecule has 0 atom stereocenters. The van der Waals surface area contributed by atoms with E-state index in [1.54, 1.807) is 42.5 Å². The zero-order valence-electron chi connectivity index (χ0n) is 18.7. The predicted molar refractivity (Wildman–Crippen MR) is 139 cm³/mol. The van der Waals surface area contributed by atoms with Gasteiger partial charge in [-0.3, -0.25) is 9.10 Å². The number of sulfonamides is 1. The molecule has 0 spiro atoms. The number of hydrogen-bond donors (Lipinski definition) is 2. The van der Waals surface area contributed by atoms with Gasteiger partial charge in [-0.05, 0) is 48.0 Å². The molecule has 0 radical (unpaired) electrons. The van der Waals surface area contributed by atoms with Crippen molar-refractivity contribution in [2.75, 3.05) is 10.8 Å². The molecule has 35 heavy (non-hydrogen) atoms. The Bertz CT molecular complexity index is 1520. The standard InChI is InChI=1S/C26H22ClN3O4S/c1-18-10-13-20(14-11-18)35(33,34)30(24-9-5-4-8-23(24)27)17-26(32)29-28-16-22-21-7-3-2-6-19(21)12-15-25(22)31/h2-16,31H,17H2,1H3,(H,29,32)/b28-16-. The maximum absolute atomic E-state index is 13.4. The lowest BCUT2D eigenvalue weighted by atomic mass is 10.0. The molecule has 7 nitrogen and oxygen atoms in total. The second-order valence-electron chi connectivity index (χ2n) is 7.79. The van der Waals surface area contributed by atoms with Gasteiger partial charge in [-0.25, -0.2) is 13.8 Å². The van der Waals surface area contributed by atoms with Crippen molar-refractivity contribution in [3.63, 3.8) is 0 Å². The summed E-state index contributed by atoms with van der Waals surface area (Å²) in [4.78, 5) is 12.8. The summed E-state index contributed by atoms with van der Waals surface area (Å²) in [5.74, 6) is -0.682. The van der Waals surface area contributed by atoms with Crippen LogP contribution >= 0.6 is 11.6 Å². The number of hydrazone groups is 1. The first kappa shape index (κ1) is 24.3. The van der Waals surface area contributed by atoms with Crippen molar-refractivity contribution >= 4 is 50.2 Å². The summed E-state index contributed by atoms with van der Waals surface area (Å²) in [6.45, 7) is 1.29. The number of phenols is 1. The van der Waals surface area contributed by atoms with Crippen LogP contribution in [0.1, 0.15) is 11.1 Å². The molecule has 4 aromatic rings. The molecule has 0 heterocycles. The minimum absolute atomic E-state index is 0.00124. The quantitative estimate of drug-likeness (QED) is 0.276. The number of para-hydroxylation sites is 1. The molecule has 0 aromatic heterocycles. The fourth-order valence-electron chi connectivity index (χ4n) is 3.55. The van der Waals surface area contributed by atoms with Crippen LogP contribution < -0.4 is 9.73 Å². The third-order valence-electron chi connectivity index (χ3n) is 5.35. The normalized spacial score (nSPS) is 11.6. The topological polar surface area (TPSA) is 99.1 Å². The van der Waals surface area contributed by atoms with Gasteiger partial charge in [0.15, 0.2) is 0 Å². The van der Waals surface area contributed by atoms with Crippen molar-refractivity contribution in [3.05, 3.63) is 101 Å². The van der Waals surface area contributed by atoms with Crippen LogP contribution in [0, 0.1) is 6.92 Å². The molecule has 0 saturated heterocycles. The lowest BCUT2D eigenvalue weighted by Crippen LogP contribution is -2.39. The minimum atomic E-state index is -4.10. The van der Waals surface area contributed by atoms with E-state index in [4.69, 9.17) is 11.6 Å². The summed E-state index contributed by atoms with van der Waals surface area (Å²) in [7, 11) is -4.10. The van der Waals surface area contributed by atoms with Crippen molar-refractivity contribution in [2.45, 2.75) is 11.8 Å². The number of carbonyl (C=O) groups excluding carboxylic acids is 1. The number of rotatable bonds is 7. The van der Waals surface area contributed by atoms with Crippen LogP contribution in [0.4, 0.5) is 5.69 Å². The Labute approximate surface area is 208 Å². The zero-order valence-corrected chi connectivity index (χ0v) is 20.3. The lowest BCUT2D eigenvalue weighted by Gasteiger charge is -2.24. The molecule has 0 aliphatic heterocycles. The van der Waals surface area contributed by atoms with Crippen molar-refractivity contribution < 1.29 is 18.3 Å². The number of nitrogens with one attached hydrogen (secondary N) is 1. The minimum Gasteiger partial charge on any atom is -0.507 e. The van der Waals surface area contributed by atoms with E-state index >= 15 is 0 Å². The third-order valence-corrected chi connectivity index (χ3v) is 7.44. The van der Waals surface area contributed by atoms with Crippen LogP contribution in [0.25, 0.3) is 10.8 Å². The van der Waals surface area contributed by atoms with Crippen molar-refractivity contribution in [2.24, 2.45) is 5.10 Å². The summed E-state index contributed by atoms with van der Waals surface area (Å²) in [5, 5.41) is 16.0. The van der Waals surface area contributed by atoms with Gasteiger partial charge in [-0.1, -0.05) is 71.8 Å².